The zero-order valence-corrected chi connectivity index (χ0v) is 11.2. The van der Waals surface area contributed by atoms with Crippen molar-refractivity contribution >= 4 is 0 Å². The van der Waals surface area contributed by atoms with Crippen molar-refractivity contribution in [1.82, 2.24) is 5.16 Å². The van der Waals surface area contributed by atoms with Gasteiger partial charge in [-0.25, -0.2) is 0 Å². The monoisotopic (exact) mass is 244 g/mol. The quantitative estimate of drug-likeness (QED) is 0.902. The number of benzene rings is 1. The molecule has 0 bridgehead atoms. The summed E-state index contributed by atoms with van der Waals surface area (Å²) in [7, 11) is 0. The van der Waals surface area contributed by atoms with Crippen molar-refractivity contribution in [3.63, 3.8) is 0 Å². The molecule has 2 rings (SSSR count). The Balaban J connectivity index is 2.32. The molecule has 3 heteroatoms. The molecule has 96 valence electrons. The fourth-order valence-corrected chi connectivity index (χ4v) is 1.95. The van der Waals surface area contributed by atoms with E-state index in [0.717, 1.165) is 23.3 Å². The van der Waals surface area contributed by atoms with Crippen LogP contribution in [0.15, 0.2) is 35.0 Å². The summed E-state index contributed by atoms with van der Waals surface area (Å²) >= 11 is 0. The Bertz CT molecular complexity index is 506. The summed E-state index contributed by atoms with van der Waals surface area (Å²) < 4.78 is 5.32. The zero-order chi connectivity index (χ0) is 13.2. The van der Waals surface area contributed by atoms with E-state index in [-0.39, 0.29) is 5.41 Å². The van der Waals surface area contributed by atoms with E-state index in [4.69, 9.17) is 10.3 Å². The third kappa shape index (κ3) is 2.62. The number of aromatic nitrogens is 1. The lowest BCUT2D eigenvalue weighted by Gasteiger charge is -2.18. The molecule has 0 saturated carbocycles. The first-order valence-corrected chi connectivity index (χ1v) is 6.27. The highest BCUT2D eigenvalue weighted by molar-refractivity contribution is 5.61. The number of nitrogens with two attached hydrogens (primary N) is 1. The lowest BCUT2D eigenvalue weighted by atomic mass is 9.86. The Hall–Kier alpha value is -1.61. The minimum Gasteiger partial charge on any atom is -0.356 e. The molecule has 0 aliphatic carbocycles. The van der Waals surface area contributed by atoms with Gasteiger partial charge in [-0.3, -0.25) is 0 Å². The van der Waals surface area contributed by atoms with Gasteiger partial charge in [0.25, 0.3) is 0 Å². The van der Waals surface area contributed by atoms with Crippen LogP contribution in [0.5, 0.6) is 0 Å². The molecule has 0 fully saturated rings. The van der Waals surface area contributed by atoms with Gasteiger partial charge < -0.3 is 10.3 Å². The molecule has 2 aromatic rings. The molecular formula is C15H20N2O. The average Bonchev–Trinajstić information content (AvgIpc) is 2.77. The topological polar surface area (TPSA) is 52.0 Å². The van der Waals surface area contributed by atoms with Crippen LogP contribution in [0.3, 0.4) is 0 Å². The highest BCUT2D eigenvalue weighted by Gasteiger charge is 2.15. The van der Waals surface area contributed by atoms with E-state index in [2.05, 4.69) is 50.2 Å². The summed E-state index contributed by atoms with van der Waals surface area (Å²) in [4.78, 5) is 0. The second-order valence-corrected chi connectivity index (χ2v) is 5.55. The number of rotatable bonds is 3. The lowest BCUT2D eigenvalue weighted by molar-refractivity contribution is 0.431. The van der Waals surface area contributed by atoms with Crippen molar-refractivity contribution in [2.75, 3.05) is 6.54 Å². The third-order valence-electron chi connectivity index (χ3n) is 3.07. The molecule has 1 aromatic carbocycles. The summed E-state index contributed by atoms with van der Waals surface area (Å²) in [6.45, 7) is 7.22. The molecule has 3 nitrogen and oxygen atoms in total. The van der Waals surface area contributed by atoms with E-state index in [0.29, 0.717) is 6.54 Å². The van der Waals surface area contributed by atoms with Crippen molar-refractivity contribution < 1.29 is 4.52 Å². The van der Waals surface area contributed by atoms with E-state index in [9.17, 15) is 0 Å². The fraction of sp³-hybridized carbons (Fsp3) is 0.400. The maximum Gasteiger partial charge on any atom is 0.170 e. The summed E-state index contributed by atoms with van der Waals surface area (Å²) in [5, 5.41) is 3.86. The van der Waals surface area contributed by atoms with E-state index in [1.54, 1.807) is 6.20 Å². The SMILES string of the molecule is CC(C)(C)c1ccc(-c2oncc2CCN)cc1. The molecule has 0 atom stereocenters. The molecule has 0 unspecified atom stereocenters. The Kier molecular flexibility index (Phi) is 3.53. The van der Waals surface area contributed by atoms with Gasteiger partial charge in [-0.1, -0.05) is 50.2 Å². The van der Waals surface area contributed by atoms with Gasteiger partial charge in [0.15, 0.2) is 5.76 Å². The van der Waals surface area contributed by atoms with Gasteiger partial charge in [-0.15, -0.1) is 0 Å². The third-order valence-corrected chi connectivity index (χ3v) is 3.07. The van der Waals surface area contributed by atoms with Crippen LogP contribution >= 0.6 is 0 Å². The van der Waals surface area contributed by atoms with Gasteiger partial charge in [0.2, 0.25) is 0 Å². The molecule has 0 amide bonds. The van der Waals surface area contributed by atoms with Crippen LogP contribution in [0.2, 0.25) is 0 Å². The molecule has 0 spiro atoms. The summed E-state index contributed by atoms with van der Waals surface area (Å²) in [6.07, 6.45) is 2.54. The minimum absolute atomic E-state index is 0.167. The van der Waals surface area contributed by atoms with Crippen molar-refractivity contribution in [2.24, 2.45) is 5.73 Å². The first-order chi connectivity index (χ1) is 8.52. The van der Waals surface area contributed by atoms with E-state index >= 15 is 0 Å². The summed E-state index contributed by atoms with van der Waals surface area (Å²) in [5.41, 5.74) is 9.19. The van der Waals surface area contributed by atoms with E-state index in [1.165, 1.54) is 5.56 Å². The normalized spacial score (nSPS) is 11.8. The smallest absolute Gasteiger partial charge is 0.170 e. The highest BCUT2D eigenvalue weighted by atomic mass is 16.5. The zero-order valence-electron chi connectivity index (χ0n) is 11.2. The number of nitrogens with zero attached hydrogens (tertiary/aromatic N) is 1. The Morgan fingerprint density at radius 2 is 1.83 bits per heavy atom. The van der Waals surface area contributed by atoms with Gasteiger partial charge in [0, 0.05) is 11.1 Å². The molecule has 1 heterocycles. The van der Waals surface area contributed by atoms with Crippen molar-refractivity contribution in [1.29, 1.82) is 0 Å². The highest BCUT2D eigenvalue weighted by Crippen LogP contribution is 2.28. The second-order valence-electron chi connectivity index (χ2n) is 5.55. The summed E-state index contributed by atoms with van der Waals surface area (Å²) in [5.74, 6) is 0.834. The fourth-order valence-electron chi connectivity index (χ4n) is 1.95. The Labute approximate surface area is 108 Å². The maximum absolute atomic E-state index is 5.58. The lowest BCUT2D eigenvalue weighted by Crippen LogP contribution is -2.10. The van der Waals surface area contributed by atoms with Gasteiger partial charge >= 0.3 is 0 Å². The van der Waals surface area contributed by atoms with Gasteiger partial charge in [0.05, 0.1) is 6.20 Å². The van der Waals surface area contributed by atoms with E-state index < -0.39 is 0 Å². The van der Waals surface area contributed by atoms with E-state index in [1.807, 2.05) is 0 Å². The molecule has 1 aromatic heterocycles. The molecule has 2 N–H and O–H groups in total. The molecule has 0 saturated heterocycles. The van der Waals surface area contributed by atoms with Crippen LogP contribution in [0.4, 0.5) is 0 Å². The van der Waals surface area contributed by atoms with Crippen molar-refractivity contribution in [3.8, 4) is 11.3 Å². The summed E-state index contributed by atoms with van der Waals surface area (Å²) in [6, 6.07) is 8.45. The largest absolute Gasteiger partial charge is 0.356 e. The second kappa shape index (κ2) is 4.94. The van der Waals surface area contributed by atoms with Crippen LogP contribution in [0.1, 0.15) is 31.9 Å². The Morgan fingerprint density at radius 1 is 1.17 bits per heavy atom. The first kappa shape index (κ1) is 12.8. The van der Waals surface area contributed by atoms with Crippen LogP contribution in [-0.4, -0.2) is 11.7 Å². The first-order valence-electron chi connectivity index (χ1n) is 6.27. The predicted molar refractivity (Wildman–Crippen MR) is 73.4 cm³/mol. The van der Waals surface area contributed by atoms with Gasteiger partial charge in [0.1, 0.15) is 0 Å². The maximum atomic E-state index is 5.58. The van der Waals surface area contributed by atoms with Gasteiger partial charge in [-0.05, 0) is 23.9 Å². The van der Waals surface area contributed by atoms with Crippen LogP contribution < -0.4 is 5.73 Å². The van der Waals surface area contributed by atoms with Crippen molar-refractivity contribution in [3.05, 3.63) is 41.6 Å². The molecular weight excluding hydrogens is 224 g/mol. The molecule has 0 aliphatic heterocycles. The number of hydrogen-bond donors (Lipinski definition) is 1. The van der Waals surface area contributed by atoms with Crippen LogP contribution in [0, 0.1) is 0 Å². The Morgan fingerprint density at radius 3 is 2.39 bits per heavy atom. The standard InChI is InChI=1S/C15H20N2O/c1-15(2,3)13-6-4-11(5-7-13)14-12(8-9-16)10-17-18-14/h4-7,10H,8-9,16H2,1-3H3. The molecule has 18 heavy (non-hydrogen) atoms. The van der Waals surface area contributed by atoms with Crippen LogP contribution in [-0.2, 0) is 11.8 Å². The van der Waals surface area contributed by atoms with Crippen LogP contribution in [0.25, 0.3) is 11.3 Å². The predicted octanol–water partition coefficient (Wildman–Crippen LogP) is 3.14. The van der Waals surface area contributed by atoms with Gasteiger partial charge in [-0.2, -0.15) is 0 Å². The number of hydrogen-bond acceptors (Lipinski definition) is 3. The van der Waals surface area contributed by atoms with Crippen molar-refractivity contribution in [2.45, 2.75) is 32.6 Å². The minimum atomic E-state index is 0.167. The molecule has 0 aliphatic rings. The average molecular weight is 244 g/mol. The molecule has 0 radical (unpaired) electrons.